The number of thioether (sulfide) groups is 1. The Morgan fingerprint density at radius 2 is 2.12 bits per heavy atom. The third kappa shape index (κ3) is 2.68. The Kier molecular flexibility index (Phi) is 3.70. The quantitative estimate of drug-likeness (QED) is 0.762. The van der Waals surface area contributed by atoms with Crippen LogP contribution in [0.5, 0.6) is 11.6 Å². The molecule has 4 heteroatoms. The molecule has 1 heterocycles. The summed E-state index contributed by atoms with van der Waals surface area (Å²) in [5.74, 6) is 1.17. The molecule has 1 aromatic carbocycles. The molecule has 82 valence electrons. The third-order valence-electron chi connectivity index (χ3n) is 1.99. The lowest BCUT2D eigenvalue weighted by Gasteiger charge is -2.07. The second-order valence-electron chi connectivity index (χ2n) is 3.07. The van der Waals surface area contributed by atoms with Gasteiger partial charge in [-0.15, -0.1) is 11.8 Å². The molecule has 2 nitrogen and oxygen atoms in total. The van der Waals surface area contributed by atoms with Crippen LogP contribution in [0.15, 0.2) is 47.5 Å². The third-order valence-corrected chi connectivity index (χ3v) is 3.01. The first-order chi connectivity index (χ1) is 7.79. The van der Waals surface area contributed by atoms with Crippen molar-refractivity contribution < 1.29 is 4.74 Å². The highest BCUT2D eigenvalue weighted by molar-refractivity contribution is 7.98. The number of ether oxygens (including phenoxy) is 1. The number of rotatable bonds is 3. The summed E-state index contributed by atoms with van der Waals surface area (Å²) in [4.78, 5) is 5.18. The Labute approximate surface area is 104 Å². The van der Waals surface area contributed by atoms with Crippen molar-refractivity contribution in [2.75, 3.05) is 6.26 Å². The predicted molar refractivity (Wildman–Crippen MR) is 67.5 cm³/mol. The number of nitrogens with zero attached hydrogens (tertiary/aromatic N) is 1. The largest absolute Gasteiger partial charge is 0.437 e. The van der Waals surface area contributed by atoms with Gasteiger partial charge in [0.15, 0.2) is 0 Å². The summed E-state index contributed by atoms with van der Waals surface area (Å²) in [6.07, 6.45) is 3.68. The van der Waals surface area contributed by atoms with Gasteiger partial charge in [-0.05, 0) is 30.5 Å². The van der Waals surface area contributed by atoms with Crippen LogP contribution in [0.3, 0.4) is 0 Å². The van der Waals surface area contributed by atoms with Crippen molar-refractivity contribution in [1.82, 2.24) is 4.98 Å². The molecule has 0 aliphatic heterocycles. The van der Waals surface area contributed by atoms with E-state index in [4.69, 9.17) is 16.3 Å². The van der Waals surface area contributed by atoms with E-state index in [0.29, 0.717) is 16.7 Å². The SMILES string of the molecule is CSc1ccc(Oc2ccccn2)c(Cl)c1. The summed E-state index contributed by atoms with van der Waals surface area (Å²) in [5.41, 5.74) is 0. The molecule has 2 aromatic rings. The minimum Gasteiger partial charge on any atom is -0.437 e. The summed E-state index contributed by atoms with van der Waals surface area (Å²) >= 11 is 7.73. The molecule has 0 atom stereocenters. The molecule has 16 heavy (non-hydrogen) atoms. The van der Waals surface area contributed by atoms with Crippen LogP contribution < -0.4 is 4.74 Å². The second-order valence-corrected chi connectivity index (χ2v) is 4.35. The maximum Gasteiger partial charge on any atom is 0.219 e. The van der Waals surface area contributed by atoms with E-state index in [1.54, 1.807) is 24.0 Å². The molecule has 0 unspecified atom stereocenters. The standard InChI is InChI=1S/C12H10ClNOS/c1-16-9-5-6-11(10(13)8-9)15-12-4-2-3-7-14-12/h2-8H,1H3. The molecular formula is C12H10ClNOS. The zero-order valence-corrected chi connectivity index (χ0v) is 10.3. The topological polar surface area (TPSA) is 22.1 Å². The van der Waals surface area contributed by atoms with Crippen molar-refractivity contribution in [3.05, 3.63) is 47.6 Å². The average Bonchev–Trinajstić information content (AvgIpc) is 2.33. The van der Waals surface area contributed by atoms with Crippen molar-refractivity contribution in [2.24, 2.45) is 0 Å². The van der Waals surface area contributed by atoms with Gasteiger partial charge in [-0.2, -0.15) is 0 Å². The van der Waals surface area contributed by atoms with E-state index in [1.807, 2.05) is 36.6 Å². The fraction of sp³-hybridized carbons (Fsp3) is 0.0833. The molecule has 0 radical (unpaired) electrons. The minimum absolute atomic E-state index is 0.543. The molecule has 0 amide bonds. The number of hydrogen-bond donors (Lipinski definition) is 0. The molecule has 0 spiro atoms. The van der Waals surface area contributed by atoms with Crippen LogP contribution in [0.25, 0.3) is 0 Å². The second kappa shape index (κ2) is 5.23. The van der Waals surface area contributed by atoms with Gasteiger partial charge in [0.05, 0.1) is 5.02 Å². The molecule has 0 aliphatic carbocycles. The van der Waals surface area contributed by atoms with Gasteiger partial charge < -0.3 is 4.74 Å². The van der Waals surface area contributed by atoms with Crippen LogP contribution in [-0.2, 0) is 0 Å². The van der Waals surface area contributed by atoms with Crippen LogP contribution in [0, 0.1) is 0 Å². The minimum atomic E-state index is 0.543. The van der Waals surface area contributed by atoms with Gasteiger partial charge in [0, 0.05) is 17.2 Å². The Morgan fingerprint density at radius 1 is 1.25 bits per heavy atom. The van der Waals surface area contributed by atoms with Crippen molar-refractivity contribution in [3.63, 3.8) is 0 Å². The summed E-state index contributed by atoms with van der Waals surface area (Å²) in [6.45, 7) is 0. The van der Waals surface area contributed by atoms with E-state index in [9.17, 15) is 0 Å². The summed E-state index contributed by atoms with van der Waals surface area (Å²) in [6, 6.07) is 11.2. The van der Waals surface area contributed by atoms with Gasteiger partial charge >= 0.3 is 0 Å². The van der Waals surface area contributed by atoms with E-state index in [2.05, 4.69) is 4.98 Å². The highest BCUT2D eigenvalue weighted by Gasteiger charge is 2.04. The fourth-order valence-corrected chi connectivity index (χ4v) is 1.94. The smallest absolute Gasteiger partial charge is 0.219 e. The van der Waals surface area contributed by atoms with Gasteiger partial charge in [0.25, 0.3) is 0 Å². The maximum atomic E-state index is 6.09. The Balaban J connectivity index is 2.22. The van der Waals surface area contributed by atoms with Gasteiger partial charge in [-0.1, -0.05) is 17.7 Å². The normalized spacial score (nSPS) is 10.1. The summed E-state index contributed by atoms with van der Waals surface area (Å²) in [5, 5.41) is 0.595. The van der Waals surface area contributed by atoms with E-state index in [-0.39, 0.29) is 0 Å². The van der Waals surface area contributed by atoms with Crippen molar-refractivity contribution in [3.8, 4) is 11.6 Å². The van der Waals surface area contributed by atoms with Crippen LogP contribution in [0.1, 0.15) is 0 Å². The molecule has 0 aliphatic rings. The van der Waals surface area contributed by atoms with E-state index < -0.39 is 0 Å². The monoisotopic (exact) mass is 251 g/mol. The molecule has 0 fully saturated rings. The highest BCUT2D eigenvalue weighted by atomic mass is 35.5. The average molecular weight is 252 g/mol. The summed E-state index contributed by atoms with van der Waals surface area (Å²) in [7, 11) is 0. The van der Waals surface area contributed by atoms with Gasteiger partial charge in [0.1, 0.15) is 5.75 Å². The van der Waals surface area contributed by atoms with Crippen molar-refractivity contribution in [2.45, 2.75) is 4.90 Å². The van der Waals surface area contributed by atoms with Crippen molar-refractivity contribution in [1.29, 1.82) is 0 Å². The van der Waals surface area contributed by atoms with Gasteiger partial charge in [-0.25, -0.2) is 4.98 Å². The lowest BCUT2D eigenvalue weighted by atomic mass is 10.3. The first-order valence-corrected chi connectivity index (χ1v) is 6.32. The molecule has 0 saturated heterocycles. The first kappa shape index (κ1) is 11.3. The maximum absolute atomic E-state index is 6.09. The lowest BCUT2D eigenvalue weighted by molar-refractivity contribution is 0.463. The molecular weight excluding hydrogens is 242 g/mol. The van der Waals surface area contributed by atoms with Crippen LogP contribution in [0.4, 0.5) is 0 Å². The lowest BCUT2D eigenvalue weighted by Crippen LogP contribution is -1.87. The molecule has 0 bridgehead atoms. The van der Waals surface area contributed by atoms with Crippen molar-refractivity contribution >= 4 is 23.4 Å². The number of hydrogen-bond acceptors (Lipinski definition) is 3. The zero-order valence-electron chi connectivity index (χ0n) is 8.68. The summed E-state index contributed by atoms with van der Waals surface area (Å²) < 4.78 is 5.56. The molecule has 2 rings (SSSR count). The van der Waals surface area contributed by atoms with Crippen LogP contribution in [-0.4, -0.2) is 11.2 Å². The highest BCUT2D eigenvalue weighted by Crippen LogP contribution is 2.31. The van der Waals surface area contributed by atoms with Gasteiger partial charge in [0.2, 0.25) is 5.88 Å². The number of pyridine rings is 1. The Morgan fingerprint density at radius 3 is 2.75 bits per heavy atom. The zero-order chi connectivity index (χ0) is 11.4. The van der Waals surface area contributed by atoms with E-state index >= 15 is 0 Å². The number of aromatic nitrogens is 1. The van der Waals surface area contributed by atoms with Crippen LogP contribution >= 0.6 is 23.4 Å². The van der Waals surface area contributed by atoms with Gasteiger partial charge in [-0.3, -0.25) is 0 Å². The molecule has 0 N–H and O–H groups in total. The molecule has 1 aromatic heterocycles. The Bertz CT molecular complexity index is 476. The van der Waals surface area contributed by atoms with E-state index in [0.717, 1.165) is 4.90 Å². The fourth-order valence-electron chi connectivity index (χ4n) is 1.21. The van der Waals surface area contributed by atoms with E-state index in [1.165, 1.54) is 0 Å². The number of benzene rings is 1. The number of halogens is 1. The first-order valence-electron chi connectivity index (χ1n) is 4.72. The molecule has 0 saturated carbocycles. The Hall–Kier alpha value is -1.19. The van der Waals surface area contributed by atoms with Crippen LogP contribution in [0.2, 0.25) is 5.02 Å². The predicted octanol–water partition coefficient (Wildman–Crippen LogP) is 4.25.